The molecule has 0 bridgehead atoms. The molecule has 1 aromatic rings. The molecule has 0 aliphatic carbocycles. The van der Waals surface area contributed by atoms with Gasteiger partial charge in [-0.05, 0) is 31.5 Å². The van der Waals surface area contributed by atoms with Crippen LogP contribution in [-0.4, -0.2) is 24.0 Å². The molecule has 0 saturated heterocycles. The Labute approximate surface area is 117 Å². The largest absolute Gasteiger partial charge is 0.479 e. The van der Waals surface area contributed by atoms with Crippen LogP contribution in [0.2, 0.25) is 0 Å². The van der Waals surface area contributed by atoms with Crippen LogP contribution < -0.4 is 21.1 Å². The van der Waals surface area contributed by atoms with E-state index >= 15 is 0 Å². The van der Waals surface area contributed by atoms with Crippen molar-refractivity contribution < 1.29 is 14.3 Å². The first-order valence-corrected chi connectivity index (χ1v) is 6.66. The molecule has 0 saturated carbocycles. The van der Waals surface area contributed by atoms with Gasteiger partial charge in [0.2, 0.25) is 5.91 Å². The zero-order valence-corrected chi connectivity index (χ0v) is 11.6. The van der Waals surface area contributed by atoms with E-state index in [1.165, 1.54) is 0 Å². The van der Waals surface area contributed by atoms with Gasteiger partial charge in [-0.2, -0.15) is 0 Å². The minimum Gasteiger partial charge on any atom is -0.479 e. The SMILES string of the molecule is CCC(N)CC(=O)Nc1ccc2c(c1)NC(=O)C(C)O2. The van der Waals surface area contributed by atoms with E-state index in [2.05, 4.69) is 10.6 Å². The number of carbonyl (C=O) groups excluding carboxylic acids is 2. The van der Waals surface area contributed by atoms with Gasteiger partial charge >= 0.3 is 0 Å². The van der Waals surface area contributed by atoms with Gasteiger partial charge in [0.25, 0.3) is 5.91 Å². The van der Waals surface area contributed by atoms with E-state index in [-0.39, 0.29) is 24.3 Å². The van der Waals surface area contributed by atoms with Gasteiger partial charge < -0.3 is 21.1 Å². The van der Waals surface area contributed by atoms with Crippen molar-refractivity contribution in [2.75, 3.05) is 10.6 Å². The number of carbonyl (C=O) groups is 2. The fraction of sp³-hybridized carbons (Fsp3) is 0.429. The summed E-state index contributed by atoms with van der Waals surface area (Å²) in [4.78, 5) is 23.3. The van der Waals surface area contributed by atoms with Crippen LogP contribution in [0.15, 0.2) is 18.2 Å². The quantitative estimate of drug-likeness (QED) is 0.777. The highest BCUT2D eigenvalue weighted by Crippen LogP contribution is 2.32. The number of rotatable bonds is 4. The van der Waals surface area contributed by atoms with Crippen molar-refractivity contribution in [2.45, 2.75) is 38.8 Å². The summed E-state index contributed by atoms with van der Waals surface area (Å²) in [5.41, 5.74) is 6.90. The van der Waals surface area contributed by atoms with Gasteiger partial charge in [-0.25, -0.2) is 0 Å². The van der Waals surface area contributed by atoms with E-state index in [4.69, 9.17) is 10.5 Å². The Morgan fingerprint density at radius 2 is 2.30 bits per heavy atom. The molecular formula is C14H19N3O3. The Hall–Kier alpha value is -2.08. The predicted octanol–water partition coefficient (Wildman–Crippen LogP) is 1.47. The lowest BCUT2D eigenvalue weighted by atomic mass is 10.1. The molecule has 1 aliphatic rings. The molecule has 0 aromatic heterocycles. The Kier molecular flexibility index (Phi) is 4.24. The zero-order chi connectivity index (χ0) is 14.7. The minimum atomic E-state index is -0.509. The summed E-state index contributed by atoms with van der Waals surface area (Å²) in [6.07, 6.45) is 0.512. The molecular weight excluding hydrogens is 258 g/mol. The van der Waals surface area contributed by atoms with E-state index in [0.717, 1.165) is 6.42 Å². The summed E-state index contributed by atoms with van der Waals surface area (Å²) >= 11 is 0. The highest BCUT2D eigenvalue weighted by molar-refractivity contribution is 5.99. The van der Waals surface area contributed by atoms with Gasteiger partial charge in [-0.15, -0.1) is 0 Å². The maximum absolute atomic E-state index is 11.8. The first-order chi connectivity index (χ1) is 9.49. The van der Waals surface area contributed by atoms with Gasteiger partial charge in [-0.3, -0.25) is 9.59 Å². The summed E-state index contributed by atoms with van der Waals surface area (Å²) in [6, 6.07) is 4.99. The molecule has 0 radical (unpaired) electrons. The van der Waals surface area contributed by atoms with Crippen LogP contribution in [0.25, 0.3) is 0 Å². The van der Waals surface area contributed by atoms with Crippen LogP contribution in [0, 0.1) is 0 Å². The second-order valence-electron chi connectivity index (χ2n) is 4.88. The van der Waals surface area contributed by atoms with E-state index in [1.807, 2.05) is 6.92 Å². The monoisotopic (exact) mass is 277 g/mol. The lowest BCUT2D eigenvalue weighted by Crippen LogP contribution is -2.34. The average molecular weight is 277 g/mol. The van der Waals surface area contributed by atoms with E-state index in [1.54, 1.807) is 25.1 Å². The topological polar surface area (TPSA) is 93.5 Å². The number of hydrogen-bond acceptors (Lipinski definition) is 4. The smallest absolute Gasteiger partial charge is 0.265 e. The normalized spacial score (nSPS) is 18.6. The molecule has 1 aliphatic heterocycles. The molecule has 6 heteroatoms. The van der Waals surface area contributed by atoms with Crippen molar-refractivity contribution in [3.8, 4) is 5.75 Å². The highest BCUT2D eigenvalue weighted by Gasteiger charge is 2.23. The minimum absolute atomic E-state index is 0.142. The zero-order valence-electron chi connectivity index (χ0n) is 11.6. The van der Waals surface area contributed by atoms with Gasteiger partial charge in [0.1, 0.15) is 5.75 Å². The third-order valence-corrected chi connectivity index (χ3v) is 3.17. The summed E-state index contributed by atoms with van der Waals surface area (Å²) in [6.45, 7) is 3.62. The second kappa shape index (κ2) is 5.92. The molecule has 1 heterocycles. The average Bonchev–Trinajstić information content (AvgIpc) is 2.40. The number of amides is 2. The number of nitrogens with one attached hydrogen (secondary N) is 2. The first-order valence-electron chi connectivity index (χ1n) is 6.66. The molecule has 2 rings (SSSR count). The van der Waals surface area contributed by atoms with Crippen LogP contribution in [0.3, 0.4) is 0 Å². The fourth-order valence-corrected chi connectivity index (χ4v) is 1.88. The molecule has 6 nitrogen and oxygen atoms in total. The number of hydrogen-bond donors (Lipinski definition) is 3. The maximum Gasteiger partial charge on any atom is 0.265 e. The summed E-state index contributed by atoms with van der Waals surface area (Å²) in [5.74, 6) is 0.255. The van der Waals surface area contributed by atoms with Crippen molar-refractivity contribution in [1.82, 2.24) is 0 Å². The number of anilines is 2. The lowest BCUT2D eigenvalue weighted by molar-refractivity contribution is -0.122. The molecule has 0 spiro atoms. The number of nitrogens with two attached hydrogens (primary N) is 1. The molecule has 20 heavy (non-hydrogen) atoms. The Bertz CT molecular complexity index is 530. The summed E-state index contributed by atoms with van der Waals surface area (Å²) in [7, 11) is 0. The highest BCUT2D eigenvalue weighted by atomic mass is 16.5. The maximum atomic E-state index is 11.8. The Morgan fingerprint density at radius 3 is 3.00 bits per heavy atom. The predicted molar refractivity (Wildman–Crippen MR) is 76.7 cm³/mol. The molecule has 0 fully saturated rings. The van der Waals surface area contributed by atoms with Crippen molar-refractivity contribution in [1.29, 1.82) is 0 Å². The van der Waals surface area contributed by atoms with Crippen LogP contribution in [0.1, 0.15) is 26.7 Å². The van der Waals surface area contributed by atoms with Gasteiger partial charge in [-0.1, -0.05) is 6.92 Å². The van der Waals surface area contributed by atoms with E-state index in [0.29, 0.717) is 17.1 Å². The van der Waals surface area contributed by atoms with Crippen molar-refractivity contribution in [2.24, 2.45) is 5.73 Å². The number of fused-ring (bicyclic) bond motifs is 1. The molecule has 108 valence electrons. The lowest BCUT2D eigenvalue weighted by Gasteiger charge is -2.23. The standard InChI is InChI=1S/C14H19N3O3/c1-3-9(15)6-13(18)16-10-4-5-12-11(7-10)17-14(19)8(2)20-12/h4-5,7-9H,3,6,15H2,1-2H3,(H,16,18)(H,17,19). The third kappa shape index (κ3) is 3.27. The van der Waals surface area contributed by atoms with Crippen LogP contribution >= 0.6 is 0 Å². The number of benzene rings is 1. The summed E-state index contributed by atoms with van der Waals surface area (Å²) in [5, 5.41) is 5.49. The molecule has 2 unspecified atom stereocenters. The summed E-state index contributed by atoms with van der Waals surface area (Å²) < 4.78 is 5.44. The second-order valence-corrected chi connectivity index (χ2v) is 4.88. The Balaban J connectivity index is 2.06. The third-order valence-electron chi connectivity index (χ3n) is 3.17. The van der Waals surface area contributed by atoms with Crippen molar-refractivity contribution in [3.05, 3.63) is 18.2 Å². The van der Waals surface area contributed by atoms with Gasteiger partial charge in [0, 0.05) is 18.2 Å². The van der Waals surface area contributed by atoms with E-state index in [9.17, 15) is 9.59 Å². The fourth-order valence-electron chi connectivity index (χ4n) is 1.88. The molecule has 2 atom stereocenters. The van der Waals surface area contributed by atoms with E-state index < -0.39 is 6.10 Å². The van der Waals surface area contributed by atoms with Crippen LogP contribution in [0.4, 0.5) is 11.4 Å². The van der Waals surface area contributed by atoms with Gasteiger partial charge in [0.05, 0.1) is 5.69 Å². The van der Waals surface area contributed by atoms with Crippen LogP contribution in [-0.2, 0) is 9.59 Å². The number of ether oxygens (including phenoxy) is 1. The molecule has 1 aromatic carbocycles. The van der Waals surface area contributed by atoms with Crippen molar-refractivity contribution in [3.63, 3.8) is 0 Å². The molecule has 2 amide bonds. The first kappa shape index (κ1) is 14.3. The molecule has 4 N–H and O–H groups in total. The van der Waals surface area contributed by atoms with Crippen molar-refractivity contribution >= 4 is 23.2 Å². The van der Waals surface area contributed by atoms with Gasteiger partial charge in [0.15, 0.2) is 6.10 Å². The Morgan fingerprint density at radius 1 is 1.55 bits per heavy atom. The van der Waals surface area contributed by atoms with Crippen LogP contribution in [0.5, 0.6) is 5.75 Å².